The summed E-state index contributed by atoms with van der Waals surface area (Å²) in [5.41, 5.74) is 4.74. The summed E-state index contributed by atoms with van der Waals surface area (Å²) in [6.45, 7) is 7.33. The molecule has 0 spiro atoms. The van der Waals surface area contributed by atoms with E-state index in [0.717, 1.165) is 6.54 Å². The second-order valence-electron chi connectivity index (χ2n) is 7.01. The summed E-state index contributed by atoms with van der Waals surface area (Å²) in [4.78, 5) is 0. The molecular formula is C24H31N. The van der Waals surface area contributed by atoms with E-state index in [1.54, 1.807) is 5.56 Å². The molecule has 0 N–H and O–H groups in total. The molecule has 0 bridgehead atoms. The van der Waals surface area contributed by atoms with Gasteiger partial charge in [0, 0.05) is 23.6 Å². The van der Waals surface area contributed by atoms with Crippen LogP contribution in [-0.2, 0) is 12.0 Å². The molecule has 0 unspecified atom stereocenters. The highest BCUT2D eigenvalue weighted by molar-refractivity contribution is 5.85. The third-order valence-electron chi connectivity index (χ3n) is 5.79. The van der Waals surface area contributed by atoms with Crippen LogP contribution in [0.25, 0.3) is 10.9 Å². The first-order valence-electron chi connectivity index (χ1n) is 9.95. The molecule has 0 atom stereocenters. The number of fused-ring (bicyclic) bond motifs is 1. The average molecular weight is 334 g/mol. The van der Waals surface area contributed by atoms with Crippen LogP contribution >= 0.6 is 0 Å². The van der Waals surface area contributed by atoms with Gasteiger partial charge in [-0.1, -0.05) is 82.1 Å². The molecule has 0 saturated heterocycles. The Kier molecular flexibility index (Phi) is 5.63. The maximum atomic E-state index is 2.45. The number of hydrogen-bond acceptors (Lipinski definition) is 0. The van der Waals surface area contributed by atoms with E-state index in [4.69, 9.17) is 0 Å². The minimum Gasteiger partial charge on any atom is -0.343 e. The fraction of sp³-hybridized carbons (Fsp3) is 0.417. The van der Waals surface area contributed by atoms with Crippen LogP contribution < -0.4 is 0 Å². The third-order valence-corrected chi connectivity index (χ3v) is 5.79. The molecule has 25 heavy (non-hydrogen) atoms. The quantitative estimate of drug-likeness (QED) is 0.487. The van der Waals surface area contributed by atoms with E-state index >= 15 is 0 Å². The average Bonchev–Trinajstić information content (AvgIpc) is 3.30. The van der Waals surface area contributed by atoms with Gasteiger partial charge < -0.3 is 4.57 Å². The lowest BCUT2D eigenvalue weighted by Gasteiger charge is -2.27. The van der Waals surface area contributed by atoms with Crippen molar-refractivity contribution in [3.8, 4) is 0 Å². The molecule has 1 fully saturated rings. The zero-order valence-corrected chi connectivity index (χ0v) is 16.0. The minimum atomic E-state index is 0.404. The van der Waals surface area contributed by atoms with Gasteiger partial charge in [-0.2, -0.15) is 0 Å². The first-order chi connectivity index (χ1) is 12.3. The Morgan fingerprint density at radius 3 is 2.20 bits per heavy atom. The van der Waals surface area contributed by atoms with E-state index in [-0.39, 0.29) is 0 Å². The van der Waals surface area contributed by atoms with Crippen LogP contribution in [0.1, 0.15) is 64.0 Å². The molecule has 0 amide bonds. The van der Waals surface area contributed by atoms with Crippen molar-refractivity contribution < 1.29 is 0 Å². The van der Waals surface area contributed by atoms with Crippen molar-refractivity contribution in [1.82, 2.24) is 4.57 Å². The molecule has 1 aliphatic rings. The Morgan fingerprint density at radius 2 is 1.52 bits per heavy atom. The van der Waals surface area contributed by atoms with Gasteiger partial charge in [-0.25, -0.2) is 0 Å². The highest BCUT2D eigenvalue weighted by atomic mass is 15.0. The number of nitrogens with zero attached hydrogens (tertiary/aromatic N) is 1. The highest BCUT2D eigenvalue weighted by Crippen LogP contribution is 2.46. The summed E-state index contributed by atoms with van der Waals surface area (Å²) in [5, 5.41) is 1.46. The number of para-hydroxylation sites is 1. The van der Waals surface area contributed by atoms with E-state index in [9.17, 15) is 0 Å². The smallest absolute Gasteiger partial charge is 0.0486 e. The standard InChI is InChI=1S/C22H25N.C2H6/c1-2-22(14-8-9-15-22)20-17-23(16-18-10-4-3-5-11-18)21-13-7-6-12-19(20)21;1-2/h3-7,10-13,17H,2,8-9,14-16H2,1H3;1-2H3. The van der Waals surface area contributed by atoms with Crippen LogP contribution in [0.4, 0.5) is 0 Å². The summed E-state index contributed by atoms with van der Waals surface area (Å²) in [7, 11) is 0. The number of benzene rings is 2. The Morgan fingerprint density at radius 1 is 0.880 bits per heavy atom. The van der Waals surface area contributed by atoms with Crippen molar-refractivity contribution in [1.29, 1.82) is 0 Å². The molecule has 132 valence electrons. The maximum absolute atomic E-state index is 2.45. The molecule has 1 heterocycles. The van der Waals surface area contributed by atoms with E-state index in [1.807, 2.05) is 13.8 Å². The summed E-state index contributed by atoms with van der Waals surface area (Å²) in [5.74, 6) is 0. The molecule has 0 radical (unpaired) electrons. The molecule has 4 rings (SSSR count). The van der Waals surface area contributed by atoms with Gasteiger partial charge in [0.1, 0.15) is 0 Å². The summed E-state index contributed by atoms with van der Waals surface area (Å²) in [6, 6.07) is 19.8. The highest BCUT2D eigenvalue weighted by Gasteiger charge is 2.36. The SMILES string of the molecule is CC.CCC1(c2cn(Cc3ccccc3)c3ccccc23)CCCC1. The summed E-state index contributed by atoms with van der Waals surface area (Å²) >= 11 is 0. The Labute approximate surface area is 152 Å². The van der Waals surface area contributed by atoms with Gasteiger partial charge in [0.2, 0.25) is 0 Å². The Balaban J connectivity index is 0.000000880. The van der Waals surface area contributed by atoms with Crippen LogP contribution in [-0.4, -0.2) is 4.57 Å². The molecule has 1 aromatic heterocycles. The second-order valence-corrected chi connectivity index (χ2v) is 7.01. The molecule has 2 aromatic carbocycles. The monoisotopic (exact) mass is 333 g/mol. The van der Waals surface area contributed by atoms with E-state index < -0.39 is 0 Å². The molecule has 3 aromatic rings. The predicted molar refractivity (Wildman–Crippen MR) is 109 cm³/mol. The van der Waals surface area contributed by atoms with Gasteiger partial charge in [0.15, 0.2) is 0 Å². The van der Waals surface area contributed by atoms with Crippen LogP contribution in [0.3, 0.4) is 0 Å². The zero-order valence-electron chi connectivity index (χ0n) is 16.0. The van der Waals surface area contributed by atoms with Gasteiger partial charge in [-0.15, -0.1) is 0 Å². The first-order valence-corrected chi connectivity index (χ1v) is 9.95. The Hall–Kier alpha value is -2.02. The van der Waals surface area contributed by atoms with Crippen LogP contribution in [0.2, 0.25) is 0 Å². The van der Waals surface area contributed by atoms with Gasteiger partial charge in [0.25, 0.3) is 0 Å². The largest absolute Gasteiger partial charge is 0.343 e. The zero-order chi connectivity index (χ0) is 17.7. The van der Waals surface area contributed by atoms with E-state index in [2.05, 4.69) is 72.3 Å². The molecular weight excluding hydrogens is 302 g/mol. The van der Waals surface area contributed by atoms with Gasteiger partial charge >= 0.3 is 0 Å². The van der Waals surface area contributed by atoms with E-state index in [1.165, 1.54) is 48.6 Å². The fourth-order valence-electron chi connectivity index (χ4n) is 4.45. The number of rotatable bonds is 4. The van der Waals surface area contributed by atoms with Crippen molar-refractivity contribution >= 4 is 10.9 Å². The predicted octanol–water partition coefficient (Wildman–Crippen LogP) is 6.94. The molecule has 1 heteroatoms. The number of aromatic nitrogens is 1. The van der Waals surface area contributed by atoms with Crippen molar-refractivity contribution in [2.24, 2.45) is 0 Å². The first kappa shape index (κ1) is 17.8. The molecule has 0 aliphatic heterocycles. The summed E-state index contributed by atoms with van der Waals surface area (Å²) in [6.07, 6.45) is 9.17. The second kappa shape index (κ2) is 7.91. The van der Waals surface area contributed by atoms with Crippen molar-refractivity contribution in [2.75, 3.05) is 0 Å². The molecule has 1 saturated carbocycles. The lowest BCUT2D eigenvalue weighted by Crippen LogP contribution is -2.20. The van der Waals surface area contributed by atoms with Crippen molar-refractivity contribution in [3.05, 3.63) is 71.9 Å². The van der Waals surface area contributed by atoms with Gasteiger partial charge in [-0.3, -0.25) is 0 Å². The van der Waals surface area contributed by atoms with Crippen LogP contribution in [0, 0.1) is 0 Å². The summed E-state index contributed by atoms with van der Waals surface area (Å²) < 4.78 is 2.45. The maximum Gasteiger partial charge on any atom is 0.0486 e. The van der Waals surface area contributed by atoms with Crippen LogP contribution in [0.5, 0.6) is 0 Å². The lowest BCUT2D eigenvalue weighted by atomic mass is 9.76. The number of hydrogen-bond donors (Lipinski definition) is 0. The van der Waals surface area contributed by atoms with Crippen molar-refractivity contribution in [2.45, 2.75) is 64.8 Å². The topological polar surface area (TPSA) is 4.93 Å². The van der Waals surface area contributed by atoms with E-state index in [0.29, 0.717) is 5.41 Å². The van der Waals surface area contributed by atoms with Gasteiger partial charge in [0.05, 0.1) is 0 Å². The normalized spacial score (nSPS) is 15.8. The van der Waals surface area contributed by atoms with Crippen LogP contribution in [0.15, 0.2) is 60.8 Å². The fourth-order valence-corrected chi connectivity index (χ4v) is 4.45. The minimum absolute atomic E-state index is 0.404. The molecule has 1 nitrogen and oxygen atoms in total. The molecule has 1 aliphatic carbocycles. The lowest BCUT2D eigenvalue weighted by molar-refractivity contribution is 0.427. The van der Waals surface area contributed by atoms with Crippen molar-refractivity contribution in [3.63, 3.8) is 0 Å². The third kappa shape index (κ3) is 3.38. The van der Waals surface area contributed by atoms with Gasteiger partial charge in [-0.05, 0) is 41.9 Å². The Bertz CT molecular complexity index is 791.